The SMILES string of the molecule is CCOc1ccccc1NC(=O)CCc1cc(OC)ccc1OC. The molecular formula is C19H23NO4. The van der Waals surface area contributed by atoms with Crippen LogP contribution in [0.3, 0.4) is 0 Å². The molecule has 0 aliphatic carbocycles. The minimum absolute atomic E-state index is 0.0768. The Bertz CT molecular complexity index is 685. The molecule has 128 valence electrons. The summed E-state index contributed by atoms with van der Waals surface area (Å²) < 4.78 is 16.1. The first kappa shape index (κ1) is 17.7. The van der Waals surface area contributed by atoms with Crippen molar-refractivity contribution in [1.29, 1.82) is 0 Å². The average Bonchev–Trinajstić information content (AvgIpc) is 2.61. The van der Waals surface area contributed by atoms with Gasteiger partial charge in [-0.3, -0.25) is 4.79 Å². The first-order valence-electron chi connectivity index (χ1n) is 7.90. The highest BCUT2D eigenvalue weighted by Crippen LogP contribution is 2.26. The van der Waals surface area contributed by atoms with Gasteiger partial charge in [0, 0.05) is 6.42 Å². The number of hydrogen-bond acceptors (Lipinski definition) is 4. The van der Waals surface area contributed by atoms with Crippen molar-refractivity contribution in [3.8, 4) is 17.2 Å². The number of nitrogens with one attached hydrogen (secondary N) is 1. The van der Waals surface area contributed by atoms with Crippen molar-refractivity contribution in [2.45, 2.75) is 19.8 Å². The Morgan fingerprint density at radius 2 is 1.83 bits per heavy atom. The van der Waals surface area contributed by atoms with Crippen molar-refractivity contribution in [2.75, 3.05) is 26.1 Å². The number of aryl methyl sites for hydroxylation is 1. The molecule has 1 N–H and O–H groups in total. The molecule has 0 spiro atoms. The van der Waals surface area contributed by atoms with Crippen LogP contribution in [0.2, 0.25) is 0 Å². The van der Waals surface area contributed by atoms with Crippen molar-refractivity contribution in [3.05, 3.63) is 48.0 Å². The molecule has 0 bridgehead atoms. The van der Waals surface area contributed by atoms with E-state index in [9.17, 15) is 4.79 Å². The maximum absolute atomic E-state index is 12.3. The van der Waals surface area contributed by atoms with Crippen LogP contribution in [-0.4, -0.2) is 26.7 Å². The Hall–Kier alpha value is -2.69. The lowest BCUT2D eigenvalue weighted by Gasteiger charge is -2.12. The van der Waals surface area contributed by atoms with Gasteiger partial charge in [-0.05, 0) is 49.2 Å². The maximum atomic E-state index is 12.3. The fourth-order valence-electron chi connectivity index (χ4n) is 2.39. The van der Waals surface area contributed by atoms with E-state index < -0.39 is 0 Å². The van der Waals surface area contributed by atoms with Gasteiger partial charge >= 0.3 is 0 Å². The van der Waals surface area contributed by atoms with Crippen molar-refractivity contribution in [3.63, 3.8) is 0 Å². The van der Waals surface area contributed by atoms with Crippen LogP contribution in [0.4, 0.5) is 5.69 Å². The number of carbonyl (C=O) groups is 1. The Morgan fingerprint density at radius 3 is 2.54 bits per heavy atom. The predicted molar refractivity (Wildman–Crippen MR) is 94.1 cm³/mol. The van der Waals surface area contributed by atoms with Gasteiger partial charge in [0.1, 0.15) is 17.2 Å². The fourth-order valence-corrected chi connectivity index (χ4v) is 2.39. The van der Waals surface area contributed by atoms with Gasteiger partial charge in [-0.15, -0.1) is 0 Å². The van der Waals surface area contributed by atoms with E-state index in [0.29, 0.717) is 30.9 Å². The zero-order valence-electron chi connectivity index (χ0n) is 14.3. The van der Waals surface area contributed by atoms with E-state index >= 15 is 0 Å². The van der Waals surface area contributed by atoms with Gasteiger partial charge < -0.3 is 19.5 Å². The molecule has 0 fully saturated rings. The molecule has 2 aromatic rings. The Morgan fingerprint density at radius 1 is 1.04 bits per heavy atom. The summed E-state index contributed by atoms with van der Waals surface area (Å²) in [5, 5.41) is 2.90. The van der Waals surface area contributed by atoms with E-state index in [1.54, 1.807) is 14.2 Å². The average molecular weight is 329 g/mol. The molecule has 0 unspecified atom stereocenters. The lowest BCUT2D eigenvalue weighted by Crippen LogP contribution is -2.13. The number of rotatable bonds is 8. The first-order chi connectivity index (χ1) is 11.7. The molecule has 0 atom stereocenters. The topological polar surface area (TPSA) is 56.8 Å². The molecule has 0 aromatic heterocycles. The number of benzene rings is 2. The third kappa shape index (κ3) is 4.65. The normalized spacial score (nSPS) is 10.1. The maximum Gasteiger partial charge on any atom is 0.224 e. The van der Waals surface area contributed by atoms with Gasteiger partial charge in [-0.25, -0.2) is 0 Å². The molecule has 2 aromatic carbocycles. The minimum Gasteiger partial charge on any atom is -0.497 e. The third-order valence-electron chi connectivity index (χ3n) is 3.57. The minimum atomic E-state index is -0.0768. The van der Waals surface area contributed by atoms with Crippen LogP contribution in [0.15, 0.2) is 42.5 Å². The van der Waals surface area contributed by atoms with E-state index in [1.807, 2.05) is 49.4 Å². The van der Waals surface area contributed by atoms with Crippen LogP contribution < -0.4 is 19.5 Å². The molecule has 5 nitrogen and oxygen atoms in total. The van der Waals surface area contributed by atoms with Crippen LogP contribution >= 0.6 is 0 Å². The molecule has 0 heterocycles. The van der Waals surface area contributed by atoms with Crippen LogP contribution in [-0.2, 0) is 11.2 Å². The third-order valence-corrected chi connectivity index (χ3v) is 3.57. The summed E-state index contributed by atoms with van der Waals surface area (Å²) in [7, 11) is 3.23. The second-order valence-electron chi connectivity index (χ2n) is 5.16. The molecule has 0 saturated heterocycles. The highest BCUT2D eigenvalue weighted by atomic mass is 16.5. The predicted octanol–water partition coefficient (Wildman–Crippen LogP) is 3.67. The van der Waals surface area contributed by atoms with Crippen molar-refractivity contribution >= 4 is 11.6 Å². The number of carbonyl (C=O) groups excluding carboxylic acids is 1. The number of para-hydroxylation sites is 2. The van der Waals surface area contributed by atoms with E-state index in [0.717, 1.165) is 17.1 Å². The molecule has 0 aliphatic rings. The molecule has 5 heteroatoms. The molecule has 2 rings (SSSR count). The zero-order valence-corrected chi connectivity index (χ0v) is 14.3. The monoisotopic (exact) mass is 329 g/mol. The van der Waals surface area contributed by atoms with Gasteiger partial charge in [0.2, 0.25) is 5.91 Å². The van der Waals surface area contributed by atoms with Gasteiger partial charge in [-0.1, -0.05) is 12.1 Å². The standard InChI is InChI=1S/C19H23NO4/c1-4-24-18-8-6-5-7-16(18)20-19(21)12-9-14-13-15(22-2)10-11-17(14)23-3/h5-8,10-11,13H,4,9,12H2,1-3H3,(H,20,21). The fraction of sp³-hybridized carbons (Fsp3) is 0.316. The van der Waals surface area contributed by atoms with Gasteiger partial charge in [0.25, 0.3) is 0 Å². The molecular weight excluding hydrogens is 306 g/mol. The van der Waals surface area contributed by atoms with Crippen LogP contribution in [0.5, 0.6) is 17.2 Å². The zero-order chi connectivity index (χ0) is 17.4. The van der Waals surface area contributed by atoms with Crippen LogP contribution in [0.25, 0.3) is 0 Å². The van der Waals surface area contributed by atoms with Gasteiger partial charge in [0.05, 0.1) is 26.5 Å². The first-order valence-corrected chi connectivity index (χ1v) is 7.90. The van der Waals surface area contributed by atoms with Crippen molar-refractivity contribution in [1.82, 2.24) is 0 Å². The van der Waals surface area contributed by atoms with E-state index in [-0.39, 0.29) is 5.91 Å². The lowest BCUT2D eigenvalue weighted by molar-refractivity contribution is -0.116. The largest absolute Gasteiger partial charge is 0.497 e. The Kier molecular flexibility index (Phi) is 6.49. The lowest BCUT2D eigenvalue weighted by atomic mass is 10.1. The number of ether oxygens (including phenoxy) is 3. The number of hydrogen-bond donors (Lipinski definition) is 1. The van der Waals surface area contributed by atoms with E-state index in [2.05, 4.69) is 5.32 Å². The number of amides is 1. The molecule has 1 amide bonds. The van der Waals surface area contributed by atoms with Gasteiger partial charge in [-0.2, -0.15) is 0 Å². The van der Waals surface area contributed by atoms with Crippen molar-refractivity contribution in [2.24, 2.45) is 0 Å². The second-order valence-corrected chi connectivity index (χ2v) is 5.16. The van der Waals surface area contributed by atoms with Crippen molar-refractivity contribution < 1.29 is 19.0 Å². The smallest absolute Gasteiger partial charge is 0.224 e. The second kappa shape index (κ2) is 8.82. The summed E-state index contributed by atoms with van der Waals surface area (Å²) in [6.45, 7) is 2.46. The number of anilines is 1. The number of methoxy groups -OCH3 is 2. The Balaban J connectivity index is 2.01. The molecule has 24 heavy (non-hydrogen) atoms. The summed E-state index contributed by atoms with van der Waals surface area (Å²) >= 11 is 0. The summed E-state index contributed by atoms with van der Waals surface area (Å²) in [6.07, 6.45) is 0.896. The summed E-state index contributed by atoms with van der Waals surface area (Å²) in [6, 6.07) is 13.0. The molecule has 0 aliphatic heterocycles. The van der Waals surface area contributed by atoms with E-state index in [1.165, 1.54) is 0 Å². The highest BCUT2D eigenvalue weighted by molar-refractivity contribution is 5.92. The summed E-state index contributed by atoms with van der Waals surface area (Å²) in [4.78, 5) is 12.3. The van der Waals surface area contributed by atoms with Gasteiger partial charge in [0.15, 0.2) is 0 Å². The molecule has 0 radical (unpaired) electrons. The quantitative estimate of drug-likeness (QED) is 0.803. The summed E-state index contributed by atoms with van der Waals surface area (Å²) in [5.41, 5.74) is 1.62. The summed E-state index contributed by atoms with van der Waals surface area (Å²) in [5.74, 6) is 2.09. The molecule has 0 saturated carbocycles. The van der Waals surface area contributed by atoms with E-state index in [4.69, 9.17) is 14.2 Å². The van der Waals surface area contributed by atoms with Crippen LogP contribution in [0.1, 0.15) is 18.9 Å². The highest BCUT2D eigenvalue weighted by Gasteiger charge is 2.10. The van der Waals surface area contributed by atoms with Crippen LogP contribution in [0, 0.1) is 0 Å². The Labute approximate surface area is 142 Å².